The molecule has 4 rings (SSSR count). The third kappa shape index (κ3) is 3.49. The maximum Gasteiger partial charge on any atom is 0.318 e. The van der Waals surface area contributed by atoms with Crippen LogP contribution in [0, 0.1) is 5.92 Å². The Morgan fingerprint density at radius 1 is 1.20 bits per heavy atom. The minimum Gasteiger partial charge on any atom is -0.493 e. The van der Waals surface area contributed by atoms with Gasteiger partial charge in [-0.1, -0.05) is 6.42 Å². The number of piperidine rings is 2. The first-order valence-corrected chi connectivity index (χ1v) is 9.21. The van der Waals surface area contributed by atoms with Crippen molar-refractivity contribution in [1.82, 2.24) is 14.9 Å². The lowest BCUT2D eigenvalue weighted by atomic mass is 9.88. The van der Waals surface area contributed by atoms with Gasteiger partial charge in [0.15, 0.2) is 0 Å². The van der Waals surface area contributed by atoms with Gasteiger partial charge in [-0.2, -0.15) is 9.97 Å². The van der Waals surface area contributed by atoms with Gasteiger partial charge in [0.05, 0.1) is 19.2 Å². The van der Waals surface area contributed by atoms with E-state index >= 15 is 0 Å². The topological polar surface area (TPSA) is 73.5 Å². The van der Waals surface area contributed by atoms with Crippen LogP contribution in [0.4, 0.5) is 5.82 Å². The molecule has 0 radical (unpaired) electrons. The monoisotopic (exact) mass is 342 g/mol. The van der Waals surface area contributed by atoms with Crippen LogP contribution in [-0.4, -0.2) is 47.7 Å². The van der Waals surface area contributed by atoms with Crippen LogP contribution in [0.3, 0.4) is 0 Å². The number of rotatable bonds is 4. The number of nitrogens with zero attached hydrogens (tertiary/aromatic N) is 3. The molecular weight excluding hydrogens is 316 g/mol. The van der Waals surface area contributed by atoms with Crippen LogP contribution in [0.2, 0.25) is 0 Å². The predicted molar refractivity (Wildman–Crippen MR) is 97.9 cm³/mol. The van der Waals surface area contributed by atoms with Gasteiger partial charge in [0, 0.05) is 30.0 Å². The summed E-state index contributed by atoms with van der Waals surface area (Å²) in [5, 5.41) is 0.821. The summed E-state index contributed by atoms with van der Waals surface area (Å²) >= 11 is 0. The molecule has 2 saturated heterocycles. The van der Waals surface area contributed by atoms with Crippen molar-refractivity contribution in [2.24, 2.45) is 5.92 Å². The molecule has 2 atom stereocenters. The SMILES string of the molecule is COc1nc(N)c2ccc(OCC3CCC4CCCCN4C3)cc2n1. The van der Waals surface area contributed by atoms with Crippen molar-refractivity contribution in [1.29, 1.82) is 0 Å². The Balaban J connectivity index is 1.42. The quantitative estimate of drug-likeness (QED) is 0.921. The van der Waals surface area contributed by atoms with Crippen LogP contribution in [0.15, 0.2) is 18.2 Å². The first-order valence-electron chi connectivity index (χ1n) is 9.21. The van der Waals surface area contributed by atoms with E-state index in [2.05, 4.69) is 14.9 Å². The van der Waals surface area contributed by atoms with Crippen LogP contribution < -0.4 is 15.2 Å². The highest BCUT2D eigenvalue weighted by Crippen LogP contribution is 2.30. The standard InChI is InChI=1S/C19H26N4O2/c1-24-19-21-17-10-15(7-8-16(17)18(20)22-19)25-12-13-5-6-14-4-2-3-9-23(14)11-13/h7-8,10,13-14H,2-6,9,11-12H2,1H3,(H2,20,21,22). The van der Waals surface area contributed by atoms with Crippen LogP contribution in [0.5, 0.6) is 11.8 Å². The molecule has 3 heterocycles. The van der Waals surface area contributed by atoms with Gasteiger partial charge in [0.1, 0.15) is 11.6 Å². The number of benzene rings is 1. The highest BCUT2D eigenvalue weighted by atomic mass is 16.5. The van der Waals surface area contributed by atoms with Crippen LogP contribution in [0.25, 0.3) is 10.9 Å². The number of nitrogens with two attached hydrogens (primary N) is 1. The minimum absolute atomic E-state index is 0.283. The van der Waals surface area contributed by atoms with Gasteiger partial charge in [-0.3, -0.25) is 4.90 Å². The number of hydrogen-bond donors (Lipinski definition) is 1. The third-order valence-electron chi connectivity index (χ3n) is 5.50. The average Bonchev–Trinajstić information content (AvgIpc) is 2.65. The summed E-state index contributed by atoms with van der Waals surface area (Å²) in [6, 6.07) is 6.88. The van der Waals surface area contributed by atoms with Gasteiger partial charge in [-0.25, -0.2) is 0 Å². The maximum atomic E-state index is 6.08. The molecule has 6 heteroatoms. The molecule has 0 bridgehead atoms. The lowest BCUT2D eigenvalue weighted by molar-refractivity contribution is 0.0566. The molecule has 2 N–H and O–H groups in total. The molecule has 1 aromatic heterocycles. The van der Waals surface area contributed by atoms with E-state index in [9.17, 15) is 0 Å². The van der Waals surface area contributed by atoms with E-state index in [1.54, 1.807) is 0 Å². The number of ether oxygens (including phenoxy) is 2. The van der Waals surface area contributed by atoms with Crippen molar-refractivity contribution in [3.05, 3.63) is 18.2 Å². The Morgan fingerprint density at radius 2 is 2.12 bits per heavy atom. The second kappa shape index (κ2) is 7.04. The Hall–Kier alpha value is -2.08. The molecule has 2 aliphatic rings. The number of anilines is 1. The molecule has 0 spiro atoms. The zero-order valence-corrected chi connectivity index (χ0v) is 14.8. The molecule has 2 fully saturated rings. The fraction of sp³-hybridized carbons (Fsp3) is 0.579. The smallest absolute Gasteiger partial charge is 0.318 e. The normalized spacial score (nSPS) is 24.0. The first kappa shape index (κ1) is 16.4. The second-order valence-electron chi connectivity index (χ2n) is 7.17. The fourth-order valence-electron chi connectivity index (χ4n) is 4.12. The summed E-state index contributed by atoms with van der Waals surface area (Å²) in [6.07, 6.45) is 6.69. The summed E-state index contributed by atoms with van der Waals surface area (Å²) in [6.45, 7) is 3.18. The van der Waals surface area contributed by atoms with E-state index in [0.717, 1.165) is 29.3 Å². The van der Waals surface area contributed by atoms with E-state index in [4.69, 9.17) is 15.2 Å². The largest absolute Gasteiger partial charge is 0.493 e. The molecule has 2 aliphatic heterocycles. The summed E-state index contributed by atoms with van der Waals surface area (Å²) in [5.74, 6) is 1.86. The van der Waals surface area contributed by atoms with Gasteiger partial charge < -0.3 is 15.2 Å². The molecule has 2 aromatic rings. The van der Waals surface area contributed by atoms with Crippen molar-refractivity contribution in [3.8, 4) is 11.8 Å². The number of methoxy groups -OCH3 is 1. The van der Waals surface area contributed by atoms with Gasteiger partial charge in [0.2, 0.25) is 0 Å². The van der Waals surface area contributed by atoms with Crippen LogP contribution >= 0.6 is 0 Å². The molecule has 0 aliphatic carbocycles. The second-order valence-corrected chi connectivity index (χ2v) is 7.17. The Labute approximate surface area is 148 Å². The van der Waals surface area contributed by atoms with Gasteiger partial charge in [0.25, 0.3) is 0 Å². The first-order chi connectivity index (χ1) is 12.2. The Kier molecular flexibility index (Phi) is 4.61. The number of fused-ring (bicyclic) bond motifs is 2. The molecule has 0 saturated carbocycles. The summed E-state index contributed by atoms with van der Waals surface area (Å²) in [7, 11) is 1.54. The third-order valence-corrected chi connectivity index (χ3v) is 5.50. The lowest BCUT2D eigenvalue weighted by Gasteiger charge is -2.42. The van der Waals surface area contributed by atoms with Gasteiger partial charge in [-0.15, -0.1) is 0 Å². The molecule has 6 nitrogen and oxygen atoms in total. The van der Waals surface area contributed by atoms with Crippen molar-refractivity contribution in [3.63, 3.8) is 0 Å². The Morgan fingerprint density at radius 3 is 3.00 bits per heavy atom. The summed E-state index contributed by atoms with van der Waals surface area (Å²) < 4.78 is 11.2. The van der Waals surface area contributed by atoms with E-state index in [-0.39, 0.29) is 6.01 Å². The van der Waals surface area contributed by atoms with Gasteiger partial charge >= 0.3 is 6.01 Å². The van der Waals surface area contributed by atoms with Crippen molar-refractivity contribution in [2.45, 2.75) is 38.1 Å². The molecule has 0 amide bonds. The molecule has 1 aromatic carbocycles. The highest BCUT2D eigenvalue weighted by Gasteiger charge is 2.30. The summed E-state index contributed by atoms with van der Waals surface area (Å²) in [4.78, 5) is 11.1. The van der Waals surface area contributed by atoms with Crippen LogP contribution in [0.1, 0.15) is 32.1 Å². The van der Waals surface area contributed by atoms with Gasteiger partial charge in [-0.05, 0) is 44.4 Å². The van der Waals surface area contributed by atoms with Crippen molar-refractivity contribution >= 4 is 16.7 Å². The minimum atomic E-state index is 0.283. The predicted octanol–water partition coefficient (Wildman–Crippen LogP) is 2.86. The van der Waals surface area contributed by atoms with E-state index in [0.29, 0.717) is 11.7 Å². The van der Waals surface area contributed by atoms with Crippen LogP contribution in [-0.2, 0) is 0 Å². The Bertz CT molecular complexity index is 752. The number of hydrogen-bond acceptors (Lipinski definition) is 6. The van der Waals surface area contributed by atoms with E-state index < -0.39 is 0 Å². The number of aromatic nitrogens is 2. The molecule has 2 unspecified atom stereocenters. The van der Waals surface area contributed by atoms with E-state index in [1.165, 1.54) is 52.3 Å². The van der Waals surface area contributed by atoms with Crippen molar-refractivity contribution in [2.75, 3.05) is 32.5 Å². The van der Waals surface area contributed by atoms with E-state index in [1.807, 2.05) is 18.2 Å². The fourth-order valence-corrected chi connectivity index (χ4v) is 4.12. The zero-order chi connectivity index (χ0) is 17.2. The maximum absolute atomic E-state index is 6.08. The molecule has 134 valence electrons. The molecule has 25 heavy (non-hydrogen) atoms. The molecular formula is C19H26N4O2. The zero-order valence-electron chi connectivity index (χ0n) is 14.8. The summed E-state index contributed by atoms with van der Waals surface area (Å²) in [5.41, 5.74) is 6.71. The van der Waals surface area contributed by atoms with Crippen molar-refractivity contribution < 1.29 is 9.47 Å². The number of nitrogen functional groups attached to an aromatic ring is 1. The lowest BCUT2D eigenvalue weighted by Crippen LogP contribution is -2.47. The average molecular weight is 342 g/mol. The highest BCUT2D eigenvalue weighted by molar-refractivity contribution is 5.89.